The van der Waals surface area contributed by atoms with Gasteiger partial charge < -0.3 is 9.47 Å². The first-order chi connectivity index (χ1) is 8.01. The lowest BCUT2D eigenvalue weighted by Gasteiger charge is -2.36. The van der Waals surface area contributed by atoms with E-state index >= 15 is 0 Å². The van der Waals surface area contributed by atoms with Gasteiger partial charge in [0.25, 0.3) is 0 Å². The van der Waals surface area contributed by atoms with Crippen LogP contribution in [0.1, 0.15) is 46.5 Å². The van der Waals surface area contributed by atoms with Crippen molar-refractivity contribution in [3.8, 4) is 0 Å². The first-order valence-corrected chi connectivity index (χ1v) is 7.50. The predicted molar refractivity (Wildman–Crippen MR) is 72.1 cm³/mol. The van der Waals surface area contributed by atoms with Crippen molar-refractivity contribution in [2.45, 2.75) is 51.7 Å². The third-order valence-electron chi connectivity index (χ3n) is 3.14. The highest BCUT2D eigenvalue weighted by atomic mass is 28.1. The summed E-state index contributed by atoms with van der Waals surface area (Å²) in [6.45, 7) is 7.21. The average Bonchev–Trinajstić information content (AvgIpc) is 2.26. The van der Waals surface area contributed by atoms with Gasteiger partial charge in [-0.2, -0.15) is 0 Å². The number of esters is 1. The number of ether oxygens (including phenoxy) is 2. The fourth-order valence-electron chi connectivity index (χ4n) is 2.35. The third-order valence-corrected chi connectivity index (χ3v) is 4.43. The van der Waals surface area contributed by atoms with E-state index in [0.717, 1.165) is 53.7 Å². The maximum atomic E-state index is 12.1. The second-order valence-electron chi connectivity index (χ2n) is 5.05. The maximum Gasteiger partial charge on any atom is 0.336 e. The lowest BCUT2D eigenvalue weighted by atomic mass is 9.97. The van der Waals surface area contributed by atoms with Crippen molar-refractivity contribution in [1.29, 1.82) is 0 Å². The third kappa shape index (κ3) is 3.68. The minimum atomic E-state index is -0.318. The Balaban J connectivity index is 2.86. The van der Waals surface area contributed by atoms with E-state index in [9.17, 15) is 4.79 Å². The van der Waals surface area contributed by atoms with Crippen LogP contribution in [-0.4, -0.2) is 34.6 Å². The molecule has 0 aromatic heterocycles. The number of carbonyl (C=O) groups is 1. The van der Waals surface area contributed by atoms with E-state index in [4.69, 9.17) is 9.47 Å². The van der Waals surface area contributed by atoms with Gasteiger partial charge in [-0.05, 0) is 39.5 Å². The molecule has 1 aliphatic rings. The molecule has 0 aliphatic carbocycles. The van der Waals surface area contributed by atoms with Crippen LogP contribution in [0, 0.1) is 0 Å². The number of rotatable bonds is 4. The van der Waals surface area contributed by atoms with Crippen molar-refractivity contribution < 1.29 is 14.3 Å². The molecule has 1 unspecified atom stereocenters. The molecule has 1 fully saturated rings. The van der Waals surface area contributed by atoms with Gasteiger partial charge in [-0.15, -0.1) is 0 Å². The second-order valence-corrected chi connectivity index (χ2v) is 6.66. The Bertz CT molecular complexity index is 300. The predicted octanol–water partition coefficient (Wildman–Crippen LogP) is 1.54. The van der Waals surface area contributed by atoms with Crippen LogP contribution in [0.15, 0.2) is 11.1 Å². The topological polar surface area (TPSA) is 35.5 Å². The Labute approximate surface area is 107 Å². The standard InChI is InChI=1S/C13H24O3Si/c1-4-8-15-12(14)11(10(2)3)13(17)7-5-6-9-16-13/h4-9H2,1-3,17H3. The van der Waals surface area contributed by atoms with Gasteiger partial charge in [0, 0.05) is 16.8 Å². The van der Waals surface area contributed by atoms with E-state index in [2.05, 4.69) is 0 Å². The van der Waals surface area contributed by atoms with Crippen molar-refractivity contribution >= 4 is 16.2 Å². The van der Waals surface area contributed by atoms with Gasteiger partial charge in [0.15, 0.2) is 0 Å². The lowest BCUT2D eigenvalue weighted by Crippen LogP contribution is -2.42. The van der Waals surface area contributed by atoms with E-state index in [0.29, 0.717) is 6.61 Å². The minimum Gasteiger partial charge on any atom is -0.462 e. The normalized spacial score (nSPS) is 24.4. The van der Waals surface area contributed by atoms with Gasteiger partial charge in [-0.25, -0.2) is 4.79 Å². The number of hydrogen-bond donors (Lipinski definition) is 0. The lowest BCUT2D eigenvalue weighted by molar-refractivity contribution is -0.142. The van der Waals surface area contributed by atoms with Crippen molar-refractivity contribution in [3.05, 3.63) is 11.1 Å². The summed E-state index contributed by atoms with van der Waals surface area (Å²) in [5.41, 5.74) is 1.81. The summed E-state index contributed by atoms with van der Waals surface area (Å²) in [4.78, 5) is 12.1. The zero-order chi connectivity index (χ0) is 12.9. The number of carbonyl (C=O) groups excluding carboxylic acids is 1. The smallest absolute Gasteiger partial charge is 0.336 e. The van der Waals surface area contributed by atoms with Crippen LogP contribution in [-0.2, 0) is 14.3 Å². The summed E-state index contributed by atoms with van der Waals surface area (Å²) >= 11 is 0. The molecule has 0 aromatic rings. The molecule has 3 nitrogen and oxygen atoms in total. The molecule has 17 heavy (non-hydrogen) atoms. The Morgan fingerprint density at radius 3 is 2.59 bits per heavy atom. The van der Waals surface area contributed by atoms with E-state index < -0.39 is 0 Å². The average molecular weight is 256 g/mol. The van der Waals surface area contributed by atoms with Gasteiger partial charge in [-0.1, -0.05) is 12.5 Å². The van der Waals surface area contributed by atoms with Crippen LogP contribution in [0.25, 0.3) is 0 Å². The SMILES string of the molecule is CCCOC(=O)C(=C(C)C)C1([SiH3])CCCCO1. The summed E-state index contributed by atoms with van der Waals surface area (Å²) in [5, 5.41) is -0.318. The van der Waals surface area contributed by atoms with Crippen LogP contribution in [0.2, 0.25) is 0 Å². The van der Waals surface area contributed by atoms with Gasteiger partial charge in [0.2, 0.25) is 0 Å². The summed E-state index contributed by atoms with van der Waals surface area (Å²) in [5.74, 6) is -0.177. The molecule has 0 saturated carbocycles. The number of allylic oxidation sites excluding steroid dienone is 1. The molecule has 0 amide bonds. The fraction of sp³-hybridized carbons (Fsp3) is 0.769. The molecule has 0 N–H and O–H groups in total. The molecule has 0 bridgehead atoms. The molecular formula is C13H24O3Si. The first kappa shape index (κ1) is 14.4. The van der Waals surface area contributed by atoms with Crippen molar-refractivity contribution in [2.24, 2.45) is 0 Å². The molecule has 1 saturated heterocycles. The molecular weight excluding hydrogens is 232 g/mol. The summed E-state index contributed by atoms with van der Waals surface area (Å²) in [7, 11) is 0.837. The fourth-order valence-corrected chi connectivity index (χ4v) is 3.61. The van der Waals surface area contributed by atoms with Crippen molar-refractivity contribution in [3.63, 3.8) is 0 Å². The molecule has 0 aromatic carbocycles. The van der Waals surface area contributed by atoms with E-state index in [1.165, 1.54) is 0 Å². The van der Waals surface area contributed by atoms with E-state index in [-0.39, 0.29) is 11.2 Å². The Hall–Kier alpha value is -0.613. The highest BCUT2D eigenvalue weighted by Crippen LogP contribution is 2.31. The first-order valence-electron chi connectivity index (χ1n) is 6.50. The summed E-state index contributed by atoms with van der Waals surface area (Å²) in [6.07, 6.45) is 4.06. The summed E-state index contributed by atoms with van der Waals surface area (Å²) < 4.78 is 11.2. The molecule has 0 radical (unpaired) electrons. The quantitative estimate of drug-likeness (QED) is 0.435. The zero-order valence-corrected chi connectivity index (χ0v) is 13.5. The van der Waals surface area contributed by atoms with Crippen molar-refractivity contribution in [2.75, 3.05) is 13.2 Å². The monoisotopic (exact) mass is 256 g/mol. The molecule has 98 valence electrons. The Kier molecular flexibility index (Phi) is 5.40. The molecule has 1 aliphatic heterocycles. The molecule has 1 heterocycles. The highest BCUT2D eigenvalue weighted by Gasteiger charge is 2.37. The molecule has 1 atom stereocenters. The van der Waals surface area contributed by atoms with Gasteiger partial charge in [0.05, 0.1) is 17.4 Å². The minimum absolute atomic E-state index is 0.177. The maximum absolute atomic E-state index is 12.1. The largest absolute Gasteiger partial charge is 0.462 e. The van der Waals surface area contributed by atoms with Gasteiger partial charge >= 0.3 is 5.97 Å². The summed E-state index contributed by atoms with van der Waals surface area (Å²) in [6, 6.07) is 0. The van der Waals surface area contributed by atoms with Crippen LogP contribution < -0.4 is 0 Å². The van der Waals surface area contributed by atoms with Crippen LogP contribution in [0.3, 0.4) is 0 Å². The van der Waals surface area contributed by atoms with E-state index in [1.54, 1.807) is 0 Å². The molecule has 1 rings (SSSR count). The number of hydrogen-bond acceptors (Lipinski definition) is 3. The van der Waals surface area contributed by atoms with Gasteiger partial charge in [-0.3, -0.25) is 0 Å². The second kappa shape index (κ2) is 6.35. The van der Waals surface area contributed by atoms with Crippen molar-refractivity contribution in [1.82, 2.24) is 0 Å². The van der Waals surface area contributed by atoms with Crippen LogP contribution in [0.4, 0.5) is 0 Å². The zero-order valence-electron chi connectivity index (χ0n) is 11.5. The molecule has 4 heteroatoms. The Morgan fingerprint density at radius 2 is 2.12 bits per heavy atom. The molecule has 0 spiro atoms. The Morgan fingerprint density at radius 1 is 1.41 bits per heavy atom. The van der Waals surface area contributed by atoms with Crippen LogP contribution in [0.5, 0.6) is 0 Å². The highest BCUT2D eigenvalue weighted by molar-refractivity contribution is 6.21. The van der Waals surface area contributed by atoms with E-state index in [1.807, 2.05) is 20.8 Å². The van der Waals surface area contributed by atoms with Gasteiger partial charge in [0.1, 0.15) is 0 Å². The van der Waals surface area contributed by atoms with Crippen LogP contribution >= 0.6 is 0 Å².